The Bertz CT molecular complexity index is 1110. The van der Waals surface area contributed by atoms with Gasteiger partial charge in [0.15, 0.2) is 0 Å². The number of ether oxygens (including phenoxy) is 1. The lowest BCUT2D eigenvalue weighted by Gasteiger charge is -2.29. The van der Waals surface area contributed by atoms with Gasteiger partial charge in [-0.05, 0) is 42.7 Å². The molecule has 2 atom stereocenters. The van der Waals surface area contributed by atoms with E-state index in [4.69, 9.17) is 5.11 Å². The molecule has 3 rings (SSSR count). The molecular weight excluding hydrogens is 529 g/mol. The lowest BCUT2D eigenvalue weighted by atomic mass is 10.0. The van der Waals surface area contributed by atoms with Crippen molar-refractivity contribution < 1.29 is 33.7 Å². The monoisotopic (exact) mass is 571 g/mol. The Hall–Kier alpha value is -3.73. The fraction of sp³-hybridized carbons (Fsp3) is 0.419. The molecule has 1 aromatic rings. The van der Waals surface area contributed by atoms with Crippen molar-refractivity contribution in [3.8, 4) is 0 Å². The van der Waals surface area contributed by atoms with E-state index >= 15 is 0 Å². The highest BCUT2D eigenvalue weighted by atomic mass is 19.1. The van der Waals surface area contributed by atoms with Crippen LogP contribution in [0.2, 0.25) is 0 Å². The van der Waals surface area contributed by atoms with Crippen LogP contribution in [0.1, 0.15) is 54.8 Å². The van der Waals surface area contributed by atoms with E-state index in [1.165, 1.54) is 11.0 Å². The van der Waals surface area contributed by atoms with E-state index in [-0.39, 0.29) is 50.7 Å². The number of fused-ring (bicyclic) bond motifs is 1. The van der Waals surface area contributed by atoms with Gasteiger partial charge in [-0.25, -0.2) is 4.39 Å². The van der Waals surface area contributed by atoms with E-state index in [2.05, 4.69) is 16.3 Å². The van der Waals surface area contributed by atoms with Crippen molar-refractivity contribution in [1.29, 1.82) is 0 Å². The minimum absolute atomic E-state index is 0.0390. The topological polar surface area (TPSA) is 120 Å². The predicted molar refractivity (Wildman–Crippen MR) is 158 cm³/mol. The minimum atomic E-state index is -0.978. The number of aliphatic imine (C=N–C) groups is 1. The van der Waals surface area contributed by atoms with Gasteiger partial charge in [-0.3, -0.25) is 24.3 Å². The highest BCUT2D eigenvalue weighted by Crippen LogP contribution is 2.22. The van der Waals surface area contributed by atoms with E-state index < -0.39 is 12.0 Å². The van der Waals surface area contributed by atoms with E-state index in [0.29, 0.717) is 30.5 Å². The molecule has 2 heterocycles. The second-order valence-electron chi connectivity index (χ2n) is 8.78. The van der Waals surface area contributed by atoms with Crippen LogP contribution >= 0.6 is 0 Å². The summed E-state index contributed by atoms with van der Waals surface area (Å²) in [7, 11) is 0. The van der Waals surface area contributed by atoms with Crippen LogP contribution in [0, 0.1) is 5.92 Å². The van der Waals surface area contributed by atoms with E-state index in [1.807, 2.05) is 26.8 Å². The Kier molecular flexibility index (Phi) is 16.7. The summed E-state index contributed by atoms with van der Waals surface area (Å²) in [5.41, 5.74) is 2.22. The summed E-state index contributed by atoms with van der Waals surface area (Å²) in [6.07, 6.45) is 7.76. The van der Waals surface area contributed by atoms with Crippen molar-refractivity contribution >= 4 is 23.9 Å². The smallest absolute Gasteiger partial charge is 0.261 e. The predicted octanol–water partition coefficient (Wildman–Crippen LogP) is 4.10. The number of hydrogen-bond donors (Lipinski definition) is 2. The second-order valence-corrected chi connectivity index (χ2v) is 8.78. The quantitative estimate of drug-likeness (QED) is 0.262. The Morgan fingerprint density at radius 1 is 1.17 bits per heavy atom. The summed E-state index contributed by atoms with van der Waals surface area (Å²) in [5.74, 6) is -1.76. The molecule has 0 saturated heterocycles. The maximum atomic E-state index is 13.1. The molecule has 9 nitrogen and oxygen atoms in total. The third-order valence-electron chi connectivity index (χ3n) is 6.22. The van der Waals surface area contributed by atoms with Crippen molar-refractivity contribution in [1.82, 2.24) is 9.80 Å². The summed E-state index contributed by atoms with van der Waals surface area (Å²) >= 11 is 0. The molecule has 2 aliphatic heterocycles. The third-order valence-corrected chi connectivity index (χ3v) is 6.22. The van der Waals surface area contributed by atoms with Crippen molar-refractivity contribution in [2.75, 3.05) is 39.6 Å². The number of rotatable bonds is 9. The highest BCUT2D eigenvalue weighted by molar-refractivity contribution is 6.21. The lowest BCUT2D eigenvalue weighted by Crippen LogP contribution is -2.45. The molecule has 10 heteroatoms. The first kappa shape index (κ1) is 35.3. The van der Waals surface area contributed by atoms with Crippen LogP contribution in [0.3, 0.4) is 0 Å². The minimum Gasteiger partial charge on any atom is -0.390 e. The number of amides is 3. The molecule has 224 valence electrons. The van der Waals surface area contributed by atoms with E-state index in [9.17, 15) is 23.9 Å². The molecule has 0 aliphatic carbocycles. The first-order valence-corrected chi connectivity index (χ1v) is 13.7. The normalized spacial score (nSPS) is 20.5. The van der Waals surface area contributed by atoms with Gasteiger partial charge < -0.3 is 19.8 Å². The van der Waals surface area contributed by atoms with Gasteiger partial charge in [0.05, 0.1) is 36.0 Å². The Morgan fingerprint density at radius 3 is 2.32 bits per heavy atom. The largest absolute Gasteiger partial charge is 0.390 e. The van der Waals surface area contributed by atoms with Crippen LogP contribution in [-0.2, 0) is 9.53 Å². The number of halogens is 1. The average Bonchev–Trinajstić information content (AvgIpc) is 3.24. The number of hydrogen-bond acceptors (Lipinski definition) is 7. The Balaban J connectivity index is 0.00000108. The number of imide groups is 1. The number of carbonyl (C=O) groups is 3. The lowest BCUT2D eigenvalue weighted by molar-refractivity contribution is -0.137. The van der Waals surface area contributed by atoms with Gasteiger partial charge in [-0.2, -0.15) is 0 Å². The molecular formula is C31H42FN3O6. The summed E-state index contributed by atoms with van der Waals surface area (Å²) in [6, 6.07) is 6.63. The van der Waals surface area contributed by atoms with Crippen molar-refractivity contribution in [2.24, 2.45) is 10.9 Å². The van der Waals surface area contributed by atoms with Crippen LogP contribution in [0.5, 0.6) is 0 Å². The van der Waals surface area contributed by atoms with Crippen molar-refractivity contribution in [3.63, 3.8) is 0 Å². The fourth-order valence-electron chi connectivity index (χ4n) is 3.93. The standard InChI is InChI=1S/C26H28FN3O4.C3H8O2.C2H6/c1-3-19(7-6-11-27)15-20-10-12-29(24(32)18(2)23(31)17-28-16-20)13-14-30-25(33)21-8-4-5-9-22(21)26(30)34;1-2-5-3-4;1-2/h3-11,16,18,23,31H,1,12-15,17H2,2H3;4H,2-3H2,1H3;1-2H3/b11-6+,19-7+,20-10-,28-16?;;. The van der Waals surface area contributed by atoms with Gasteiger partial charge in [-0.15, -0.1) is 0 Å². The molecule has 2 N–H and O–H groups in total. The molecule has 2 aliphatic rings. The molecule has 0 saturated carbocycles. The first-order chi connectivity index (χ1) is 19.8. The maximum absolute atomic E-state index is 13.1. The summed E-state index contributed by atoms with van der Waals surface area (Å²) in [5, 5.41) is 18.3. The van der Waals surface area contributed by atoms with Gasteiger partial charge in [0.2, 0.25) is 5.91 Å². The zero-order valence-corrected chi connectivity index (χ0v) is 24.3. The fourth-order valence-corrected chi connectivity index (χ4v) is 3.93. The molecule has 0 fully saturated rings. The van der Waals surface area contributed by atoms with Crippen molar-refractivity contribution in [2.45, 2.75) is 40.2 Å². The third kappa shape index (κ3) is 10.6. The Morgan fingerprint density at radius 2 is 1.80 bits per heavy atom. The van der Waals surface area contributed by atoms with Crippen LogP contribution in [0.25, 0.3) is 0 Å². The summed E-state index contributed by atoms with van der Waals surface area (Å²) in [6.45, 7) is 12.0. The van der Waals surface area contributed by atoms with Crippen molar-refractivity contribution in [3.05, 3.63) is 83.8 Å². The molecule has 0 aromatic heterocycles. The SMILES string of the molecule is C=C/C(=C\C=C\F)C/C1=C/CN(CCN2C(=O)c3ccccc3C2=O)C(=O)C(C)C(O)CN=C1.CC.CCOCO. The zero-order valence-electron chi connectivity index (χ0n) is 24.3. The molecule has 0 bridgehead atoms. The number of benzene rings is 1. The molecule has 0 spiro atoms. The van der Waals surface area contributed by atoms with Gasteiger partial charge >= 0.3 is 0 Å². The molecule has 1 aromatic carbocycles. The highest BCUT2D eigenvalue weighted by Gasteiger charge is 2.36. The number of nitrogens with zero attached hydrogens (tertiary/aromatic N) is 3. The van der Waals surface area contributed by atoms with Gasteiger partial charge in [0.1, 0.15) is 6.79 Å². The number of carbonyl (C=O) groups excluding carboxylic acids is 3. The van der Waals surface area contributed by atoms with Crippen LogP contribution in [-0.4, -0.2) is 89.6 Å². The van der Waals surface area contributed by atoms with Gasteiger partial charge in [0, 0.05) is 32.5 Å². The van der Waals surface area contributed by atoms with Gasteiger partial charge in [-0.1, -0.05) is 57.7 Å². The molecule has 41 heavy (non-hydrogen) atoms. The summed E-state index contributed by atoms with van der Waals surface area (Å²) < 4.78 is 16.8. The average molecular weight is 572 g/mol. The molecule has 0 radical (unpaired) electrons. The Labute approximate surface area is 242 Å². The maximum Gasteiger partial charge on any atom is 0.261 e. The first-order valence-electron chi connectivity index (χ1n) is 13.7. The number of aliphatic hydroxyl groups is 2. The molecule has 3 amide bonds. The number of aliphatic hydroxyl groups excluding tert-OH is 2. The van der Waals surface area contributed by atoms with Crippen LogP contribution in [0.4, 0.5) is 4.39 Å². The molecule has 2 unspecified atom stereocenters. The second kappa shape index (κ2) is 19.4. The van der Waals surface area contributed by atoms with Gasteiger partial charge in [0.25, 0.3) is 11.8 Å². The zero-order chi connectivity index (χ0) is 30.8. The van der Waals surface area contributed by atoms with E-state index in [1.54, 1.807) is 49.6 Å². The summed E-state index contributed by atoms with van der Waals surface area (Å²) in [4.78, 5) is 45.4. The number of allylic oxidation sites excluding steroid dienone is 5. The van der Waals surface area contributed by atoms with Crippen LogP contribution < -0.4 is 0 Å². The van der Waals surface area contributed by atoms with E-state index in [0.717, 1.165) is 16.0 Å². The van der Waals surface area contributed by atoms with Crippen LogP contribution in [0.15, 0.2) is 77.6 Å².